The quantitative estimate of drug-likeness (QED) is 0.505. The number of allylic oxidation sites excluding steroid dienone is 1. The van der Waals surface area contributed by atoms with Gasteiger partial charge in [-0.25, -0.2) is 0 Å². The highest BCUT2D eigenvalue weighted by atomic mass is 35.6. The molecule has 0 aliphatic rings. The van der Waals surface area contributed by atoms with Crippen molar-refractivity contribution in [1.82, 2.24) is 0 Å². The minimum absolute atomic E-state index is 0.732. The Bertz CT molecular complexity index is 129. The van der Waals surface area contributed by atoms with Gasteiger partial charge in [-0.2, -0.15) is 22.2 Å². The highest BCUT2D eigenvalue weighted by molar-refractivity contribution is 7.20. The smallest absolute Gasteiger partial charge is 0.168 e. The second kappa shape index (κ2) is 5.41. The minimum atomic E-state index is -1.37. The Balaban J connectivity index is 3.54. The van der Waals surface area contributed by atoms with Gasteiger partial charge in [0.2, 0.25) is 0 Å². The third-order valence-electron chi connectivity index (χ3n) is 1.31. The maximum Gasteiger partial charge on any atom is 0.191 e. The van der Waals surface area contributed by atoms with Crippen LogP contribution in [0.2, 0.25) is 25.2 Å². The summed E-state index contributed by atoms with van der Waals surface area (Å²) >= 11 is 12.2. The first-order valence-electron chi connectivity index (χ1n) is 3.78. The van der Waals surface area contributed by atoms with Gasteiger partial charge in [0.15, 0.2) is 8.11 Å². The van der Waals surface area contributed by atoms with E-state index in [1.54, 1.807) is 0 Å². The van der Waals surface area contributed by atoms with E-state index in [0.717, 1.165) is 12.1 Å². The molecule has 0 saturated heterocycles. The van der Waals surface area contributed by atoms with Crippen molar-refractivity contribution in [3.63, 3.8) is 0 Å². The van der Waals surface area contributed by atoms with Gasteiger partial charge in [-0.05, 0) is 19.0 Å². The normalized spacial score (nSPS) is 13.3. The second-order valence-electron chi connectivity index (χ2n) is 3.17. The van der Waals surface area contributed by atoms with Crippen LogP contribution in [-0.2, 0) is 0 Å². The summed E-state index contributed by atoms with van der Waals surface area (Å²) in [4.78, 5) is 0. The lowest BCUT2D eigenvalue weighted by molar-refractivity contribution is 1.37. The van der Waals surface area contributed by atoms with Crippen LogP contribution in [0.25, 0.3) is 0 Å². The van der Waals surface area contributed by atoms with Crippen LogP contribution in [0.4, 0.5) is 0 Å². The van der Waals surface area contributed by atoms with E-state index in [1.807, 2.05) is 13.0 Å². The molecule has 0 aromatic heterocycles. The van der Waals surface area contributed by atoms with Crippen LogP contribution >= 0.6 is 22.2 Å². The molecule has 0 bridgehead atoms. The lowest BCUT2D eigenvalue weighted by Crippen LogP contribution is -2.17. The molecule has 0 unspecified atom stereocenters. The van der Waals surface area contributed by atoms with Crippen molar-refractivity contribution in [2.45, 2.75) is 32.1 Å². The Kier molecular flexibility index (Phi) is 5.78. The van der Waals surface area contributed by atoms with Gasteiger partial charge in [0.1, 0.15) is 7.38 Å². The monoisotopic (exact) mass is 225 g/mol. The van der Waals surface area contributed by atoms with Gasteiger partial charge in [0.05, 0.1) is 0 Å². The molecule has 0 spiro atoms. The van der Waals surface area contributed by atoms with Crippen LogP contribution in [0.15, 0.2) is 11.8 Å². The Labute approximate surface area is 81.6 Å². The molecule has 0 nitrogen and oxygen atoms in total. The van der Waals surface area contributed by atoms with Crippen LogP contribution in [0.1, 0.15) is 6.92 Å². The second-order valence-corrected chi connectivity index (χ2v) is 13.4. The molecule has 0 fully saturated rings. The number of hydrogen-bond donors (Lipinski definition) is 0. The molecule has 0 amide bonds. The number of rotatable bonds is 4. The van der Waals surface area contributed by atoms with E-state index in [9.17, 15) is 0 Å². The SMILES string of the molecule is CC=C[Si](Cl)CC[Si](C)(C)Cl. The molecule has 0 aliphatic heterocycles. The first kappa shape index (κ1) is 11.8. The predicted octanol–water partition coefficient (Wildman–Crippen LogP) is 3.78. The Morgan fingerprint density at radius 2 is 2.00 bits per heavy atom. The van der Waals surface area contributed by atoms with E-state index < -0.39 is 15.5 Å². The molecule has 11 heavy (non-hydrogen) atoms. The summed E-state index contributed by atoms with van der Waals surface area (Å²) in [5, 5.41) is 0. The Morgan fingerprint density at radius 3 is 2.36 bits per heavy atom. The van der Waals surface area contributed by atoms with Gasteiger partial charge in [-0.15, -0.1) is 0 Å². The van der Waals surface area contributed by atoms with Gasteiger partial charge in [0, 0.05) is 0 Å². The van der Waals surface area contributed by atoms with Gasteiger partial charge >= 0.3 is 0 Å². The van der Waals surface area contributed by atoms with Gasteiger partial charge in [-0.1, -0.05) is 24.9 Å². The first-order chi connectivity index (χ1) is 4.95. The molecule has 65 valence electrons. The first-order valence-corrected chi connectivity index (χ1v) is 10.8. The van der Waals surface area contributed by atoms with E-state index in [1.165, 1.54) is 0 Å². The summed E-state index contributed by atoms with van der Waals surface area (Å²) in [6.45, 7) is 6.34. The predicted molar refractivity (Wildman–Crippen MR) is 59.4 cm³/mol. The molecule has 0 rings (SSSR count). The molecule has 0 aliphatic carbocycles. The van der Waals surface area contributed by atoms with Crippen molar-refractivity contribution in [2.75, 3.05) is 0 Å². The molecule has 0 heterocycles. The fourth-order valence-corrected chi connectivity index (χ4v) is 6.62. The zero-order valence-corrected chi connectivity index (χ0v) is 10.8. The van der Waals surface area contributed by atoms with E-state index in [-0.39, 0.29) is 0 Å². The molecule has 0 aromatic carbocycles. The number of hydrogen-bond acceptors (Lipinski definition) is 0. The van der Waals surface area contributed by atoms with Gasteiger partial charge < -0.3 is 0 Å². The summed E-state index contributed by atoms with van der Waals surface area (Å²) < 4.78 is 0. The molecule has 4 heteroatoms. The minimum Gasteiger partial charge on any atom is -0.168 e. The zero-order chi connectivity index (χ0) is 8.91. The van der Waals surface area contributed by atoms with Crippen molar-refractivity contribution in [3.8, 4) is 0 Å². The average molecular weight is 226 g/mol. The third kappa shape index (κ3) is 8.66. The van der Waals surface area contributed by atoms with Crippen molar-refractivity contribution in [2.24, 2.45) is 0 Å². The standard InChI is InChI=1S/C7H15Cl2Si2/c1-4-5-10(8)6-7-11(2,3)9/h4-5H,6-7H2,1-3H3. The van der Waals surface area contributed by atoms with E-state index in [2.05, 4.69) is 18.8 Å². The van der Waals surface area contributed by atoms with Crippen LogP contribution in [0.3, 0.4) is 0 Å². The molecular weight excluding hydrogens is 211 g/mol. The summed E-state index contributed by atoms with van der Waals surface area (Å²) in [7, 11) is -2.10. The highest BCUT2D eigenvalue weighted by Crippen LogP contribution is 2.19. The largest absolute Gasteiger partial charge is 0.191 e. The summed E-state index contributed by atoms with van der Waals surface area (Å²) in [5.74, 6) is 0. The molecule has 1 radical (unpaired) electrons. The highest BCUT2D eigenvalue weighted by Gasteiger charge is 2.18. The molecule has 0 aromatic rings. The maximum absolute atomic E-state index is 6.15. The van der Waals surface area contributed by atoms with Crippen molar-refractivity contribution in [3.05, 3.63) is 11.8 Å². The van der Waals surface area contributed by atoms with Crippen molar-refractivity contribution in [1.29, 1.82) is 0 Å². The van der Waals surface area contributed by atoms with Crippen LogP contribution < -0.4 is 0 Å². The van der Waals surface area contributed by atoms with E-state index >= 15 is 0 Å². The summed E-state index contributed by atoms with van der Waals surface area (Å²) in [6, 6.07) is 2.25. The molecular formula is C7H15Cl2Si2. The van der Waals surface area contributed by atoms with Crippen LogP contribution in [0, 0.1) is 0 Å². The lowest BCUT2D eigenvalue weighted by Gasteiger charge is -2.12. The Hall–Kier alpha value is 0.754. The van der Waals surface area contributed by atoms with Crippen molar-refractivity contribution < 1.29 is 0 Å². The van der Waals surface area contributed by atoms with E-state index in [4.69, 9.17) is 22.2 Å². The topological polar surface area (TPSA) is 0 Å². The van der Waals surface area contributed by atoms with Crippen molar-refractivity contribution >= 4 is 37.6 Å². The van der Waals surface area contributed by atoms with Crippen LogP contribution in [0.5, 0.6) is 0 Å². The third-order valence-corrected chi connectivity index (χ3v) is 6.18. The Morgan fingerprint density at radius 1 is 1.45 bits per heavy atom. The average Bonchev–Trinajstić information content (AvgIpc) is 1.83. The van der Waals surface area contributed by atoms with Crippen LogP contribution in [-0.4, -0.2) is 15.5 Å². The fourth-order valence-electron chi connectivity index (χ4n) is 0.681. The molecule has 0 atom stereocenters. The summed E-state index contributed by atoms with van der Waals surface area (Å²) in [6.07, 6.45) is 2.03. The maximum atomic E-state index is 6.15. The molecule has 0 saturated carbocycles. The van der Waals surface area contributed by atoms with Gasteiger partial charge in [0.25, 0.3) is 0 Å². The zero-order valence-electron chi connectivity index (χ0n) is 7.32. The summed E-state index contributed by atoms with van der Waals surface area (Å²) in [5.41, 5.74) is 2.11. The van der Waals surface area contributed by atoms with E-state index in [0.29, 0.717) is 0 Å². The lowest BCUT2D eigenvalue weighted by atomic mass is 10.8. The fraction of sp³-hybridized carbons (Fsp3) is 0.714. The van der Waals surface area contributed by atoms with Gasteiger partial charge in [-0.3, -0.25) is 0 Å². The molecule has 0 N–H and O–H groups in total. The number of halogens is 2.